The summed E-state index contributed by atoms with van der Waals surface area (Å²) >= 11 is 0. The van der Waals surface area contributed by atoms with Crippen LogP contribution >= 0.6 is 0 Å². The predicted octanol–water partition coefficient (Wildman–Crippen LogP) is 2.41. The molecular formula is C28H37N5O5S. The van der Waals surface area contributed by atoms with Crippen LogP contribution in [0, 0.1) is 12.8 Å². The van der Waals surface area contributed by atoms with Crippen LogP contribution in [0.25, 0.3) is 0 Å². The van der Waals surface area contributed by atoms with Gasteiger partial charge in [0.1, 0.15) is 11.9 Å². The fourth-order valence-electron chi connectivity index (χ4n) is 4.67. The Kier molecular flexibility index (Phi) is 9.24. The van der Waals surface area contributed by atoms with Gasteiger partial charge in [0.05, 0.1) is 10.8 Å². The van der Waals surface area contributed by atoms with Gasteiger partial charge >= 0.3 is 5.97 Å². The minimum Gasteiger partial charge on any atom is -0.479 e. The van der Waals surface area contributed by atoms with Gasteiger partial charge in [0, 0.05) is 38.9 Å². The van der Waals surface area contributed by atoms with E-state index < -0.39 is 33.9 Å². The minimum absolute atomic E-state index is 0.0210. The first-order valence-electron chi connectivity index (χ1n) is 13.3. The van der Waals surface area contributed by atoms with Crippen LogP contribution in [0.15, 0.2) is 53.6 Å². The highest BCUT2D eigenvalue weighted by atomic mass is 32.2. The predicted molar refractivity (Wildman–Crippen MR) is 149 cm³/mol. The number of unbranched alkanes of at least 4 members (excludes halogenated alkanes) is 1. The van der Waals surface area contributed by atoms with Crippen molar-refractivity contribution in [3.05, 3.63) is 65.5 Å². The molecule has 3 N–H and O–H groups in total. The Hall–Kier alpha value is -3.44. The lowest BCUT2D eigenvalue weighted by molar-refractivity contribution is -0.141. The maximum absolute atomic E-state index is 12.8. The van der Waals surface area contributed by atoms with Gasteiger partial charge in [-0.15, -0.1) is 0 Å². The number of hydrogen-bond acceptors (Lipinski definition) is 7. The molecule has 0 saturated carbocycles. The Morgan fingerprint density at radius 3 is 2.79 bits per heavy atom. The molecular weight excluding hydrogens is 518 g/mol. The number of carboxylic acid groups (broad SMARTS) is 1. The summed E-state index contributed by atoms with van der Waals surface area (Å²) in [5.74, 6) is -1.24. The molecule has 1 saturated heterocycles. The third-order valence-corrected chi connectivity index (χ3v) is 8.92. The third kappa shape index (κ3) is 7.36. The molecule has 1 atom stereocenters. The van der Waals surface area contributed by atoms with Gasteiger partial charge in [-0.1, -0.05) is 18.2 Å². The Labute approximate surface area is 230 Å². The van der Waals surface area contributed by atoms with Crippen molar-refractivity contribution in [2.45, 2.75) is 50.0 Å². The van der Waals surface area contributed by atoms with E-state index in [4.69, 9.17) is 4.98 Å². The molecule has 2 aliphatic heterocycles. The second kappa shape index (κ2) is 12.6. The Balaban J connectivity index is 1.20. The SMILES string of the molecule is Cc1cccc(S(=O)(=O)N2CC(C(=O)N[C@@H](/C=C/N(C)CCCCc3ccc4c(n3)NCCC4)C(=O)O)C2)c1. The van der Waals surface area contributed by atoms with E-state index in [1.54, 1.807) is 18.3 Å². The van der Waals surface area contributed by atoms with Crippen LogP contribution in [0.2, 0.25) is 0 Å². The highest BCUT2D eigenvalue weighted by Gasteiger charge is 2.41. The summed E-state index contributed by atoms with van der Waals surface area (Å²) in [4.78, 5) is 31.2. The zero-order chi connectivity index (χ0) is 28.0. The third-order valence-electron chi connectivity index (χ3n) is 7.09. The molecule has 11 heteroatoms. The lowest BCUT2D eigenvalue weighted by Crippen LogP contribution is -2.57. The number of pyridine rings is 1. The number of hydrogen-bond donors (Lipinski definition) is 3. The Morgan fingerprint density at radius 2 is 2.05 bits per heavy atom. The van der Waals surface area contributed by atoms with Gasteiger partial charge in [0.25, 0.3) is 0 Å². The molecule has 2 aromatic rings. The molecule has 2 aliphatic rings. The summed E-state index contributed by atoms with van der Waals surface area (Å²) in [6.07, 6.45) is 8.04. The number of sulfonamides is 1. The summed E-state index contributed by atoms with van der Waals surface area (Å²) < 4.78 is 26.8. The van der Waals surface area contributed by atoms with Gasteiger partial charge in [-0.25, -0.2) is 18.2 Å². The molecule has 39 heavy (non-hydrogen) atoms. The van der Waals surface area contributed by atoms with Crippen molar-refractivity contribution < 1.29 is 23.1 Å². The first-order chi connectivity index (χ1) is 18.6. The van der Waals surface area contributed by atoms with Crippen LogP contribution in [0.1, 0.15) is 36.1 Å². The number of rotatable bonds is 12. The molecule has 0 bridgehead atoms. The number of carbonyl (C=O) groups is 2. The number of amides is 1. The Morgan fingerprint density at radius 1 is 1.26 bits per heavy atom. The maximum atomic E-state index is 12.8. The number of carboxylic acids is 1. The summed E-state index contributed by atoms with van der Waals surface area (Å²) in [7, 11) is -1.82. The molecule has 1 aromatic carbocycles. The van der Waals surface area contributed by atoms with Crippen LogP contribution in [0.5, 0.6) is 0 Å². The fraction of sp³-hybridized carbons (Fsp3) is 0.464. The van der Waals surface area contributed by atoms with Crippen LogP contribution < -0.4 is 10.6 Å². The molecule has 210 valence electrons. The second-order valence-electron chi connectivity index (χ2n) is 10.3. The molecule has 1 fully saturated rings. The van der Waals surface area contributed by atoms with Crippen molar-refractivity contribution in [1.82, 2.24) is 19.5 Å². The van der Waals surface area contributed by atoms with Gasteiger partial charge in [-0.05, 0) is 80.6 Å². The Bertz CT molecular complexity index is 1320. The maximum Gasteiger partial charge on any atom is 0.330 e. The van der Waals surface area contributed by atoms with E-state index in [1.165, 1.54) is 22.0 Å². The zero-order valence-electron chi connectivity index (χ0n) is 22.5. The molecule has 0 spiro atoms. The van der Waals surface area contributed by atoms with E-state index >= 15 is 0 Å². The smallest absolute Gasteiger partial charge is 0.330 e. The van der Waals surface area contributed by atoms with Crippen molar-refractivity contribution in [3.63, 3.8) is 0 Å². The first kappa shape index (κ1) is 28.6. The summed E-state index contributed by atoms with van der Waals surface area (Å²) in [5, 5.41) is 15.5. The molecule has 3 heterocycles. The van der Waals surface area contributed by atoms with E-state index in [0.717, 1.165) is 62.3 Å². The lowest BCUT2D eigenvalue weighted by atomic mass is 10.0. The molecule has 0 radical (unpaired) electrons. The van der Waals surface area contributed by atoms with E-state index in [2.05, 4.69) is 22.8 Å². The van der Waals surface area contributed by atoms with Gasteiger partial charge in [-0.2, -0.15) is 4.31 Å². The van der Waals surface area contributed by atoms with Crippen LogP contribution in [-0.4, -0.2) is 78.9 Å². The molecule has 1 amide bonds. The normalized spacial score (nSPS) is 16.7. The van der Waals surface area contributed by atoms with E-state index in [1.807, 2.05) is 24.9 Å². The summed E-state index contributed by atoms with van der Waals surface area (Å²) in [6.45, 7) is 3.55. The number of carbonyl (C=O) groups excluding carboxylic acids is 1. The van der Waals surface area contributed by atoms with E-state index in [0.29, 0.717) is 0 Å². The molecule has 1 aromatic heterocycles. The van der Waals surface area contributed by atoms with Gasteiger partial charge in [0.2, 0.25) is 15.9 Å². The average molecular weight is 556 g/mol. The number of benzene rings is 1. The largest absolute Gasteiger partial charge is 0.479 e. The van der Waals surface area contributed by atoms with Crippen molar-refractivity contribution in [1.29, 1.82) is 0 Å². The van der Waals surface area contributed by atoms with E-state index in [9.17, 15) is 23.1 Å². The quantitative estimate of drug-likeness (QED) is 0.340. The zero-order valence-corrected chi connectivity index (χ0v) is 23.3. The van der Waals surface area contributed by atoms with Crippen molar-refractivity contribution in [2.24, 2.45) is 5.92 Å². The number of aryl methyl sites for hydroxylation is 3. The average Bonchev–Trinajstić information content (AvgIpc) is 2.87. The van der Waals surface area contributed by atoms with E-state index in [-0.39, 0.29) is 18.0 Å². The van der Waals surface area contributed by atoms with Gasteiger partial charge < -0.3 is 20.6 Å². The highest BCUT2D eigenvalue weighted by molar-refractivity contribution is 7.89. The molecule has 0 unspecified atom stereocenters. The van der Waals surface area contributed by atoms with Crippen molar-refractivity contribution >= 4 is 27.7 Å². The summed E-state index contributed by atoms with van der Waals surface area (Å²) in [6, 6.07) is 9.66. The number of aromatic nitrogens is 1. The number of aliphatic carboxylic acids is 1. The second-order valence-corrected chi connectivity index (χ2v) is 12.2. The van der Waals surface area contributed by atoms with Gasteiger partial charge in [-0.3, -0.25) is 4.79 Å². The van der Waals surface area contributed by atoms with Crippen LogP contribution in [0.4, 0.5) is 5.82 Å². The first-order valence-corrected chi connectivity index (χ1v) is 14.8. The molecule has 4 rings (SSSR count). The van der Waals surface area contributed by atoms with Crippen molar-refractivity contribution in [3.8, 4) is 0 Å². The van der Waals surface area contributed by atoms with Crippen LogP contribution in [0.3, 0.4) is 0 Å². The van der Waals surface area contributed by atoms with Crippen molar-refractivity contribution in [2.75, 3.05) is 38.5 Å². The minimum atomic E-state index is -3.68. The standard InChI is InChI=1S/C28H37N5O5S/c1-20-7-5-10-24(17-20)39(37,38)33-18-22(19-33)27(34)31-25(28(35)36)13-16-32(2)15-4-3-9-23-12-11-21-8-6-14-29-26(21)30-23/h5,7,10-13,16-17,22,25H,3-4,6,8-9,14-15,18-19H2,1-2H3,(H,29,30)(H,31,34)(H,35,36)/b16-13+/t25-/m0/s1. The van der Waals surface area contributed by atoms with Gasteiger partial charge in [0.15, 0.2) is 0 Å². The molecule has 0 aliphatic carbocycles. The number of anilines is 1. The highest BCUT2D eigenvalue weighted by Crippen LogP contribution is 2.26. The fourth-order valence-corrected chi connectivity index (χ4v) is 6.31. The lowest BCUT2D eigenvalue weighted by Gasteiger charge is -2.37. The van der Waals surface area contributed by atoms with Crippen LogP contribution in [-0.2, 0) is 32.5 Å². The summed E-state index contributed by atoms with van der Waals surface area (Å²) in [5.41, 5.74) is 3.17. The number of nitrogens with one attached hydrogen (secondary N) is 2. The molecule has 10 nitrogen and oxygen atoms in total. The monoisotopic (exact) mass is 555 g/mol. The topological polar surface area (TPSA) is 132 Å². The number of fused-ring (bicyclic) bond motifs is 1. The number of nitrogens with zero attached hydrogens (tertiary/aromatic N) is 3.